The molecule has 0 bridgehead atoms. The predicted molar refractivity (Wildman–Crippen MR) is 61.6 cm³/mol. The summed E-state index contributed by atoms with van der Waals surface area (Å²) < 4.78 is 0. The number of phenols is 1. The number of hydrogen-bond acceptors (Lipinski definition) is 1. The zero-order valence-electron chi connectivity index (χ0n) is 8.70. The Morgan fingerprint density at radius 3 is 2.14 bits per heavy atom. The average Bonchev–Trinajstić information content (AvgIpc) is 2.19. The Hall–Kier alpha value is -1.50. The molecule has 0 amide bonds. The van der Waals surface area contributed by atoms with E-state index in [1.165, 1.54) is 6.42 Å². The summed E-state index contributed by atoms with van der Waals surface area (Å²) in [4.78, 5) is 0. The maximum Gasteiger partial charge on any atom is 0.116 e. The van der Waals surface area contributed by atoms with Crippen molar-refractivity contribution in [2.24, 2.45) is 0 Å². The van der Waals surface area contributed by atoms with Gasteiger partial charge in [0, 0.05) is 0 Å². The number of hydrogen-bond donors (Lipinski definition) is 1. The molecule has 0 heterocycles. The van der Waals surface area contributed by atoms with E-state index in [0.29, 0.717) is 5.75 Å². The lowest BCUT2D eigenvalue weighted by Crippen LogP contribution is -1.69. The molecule has 2 aromatic rings. The van der Waals surface area contributed by atoms with Crippen molar-refractivity contribution >= 4 is 10.8 Å². The van der Waals surface area contributed by atoms with Gasteiger partial charge in [0.25, 0.3) is 0 Å². The average molecular weight is 188 g/mol. The highest BCUT2D eigenvalue weighted by atomic mass is 16.3. The number of aromatic hydroxyl groups is 1. The van der Waals surface area contributed by atoms with E-state index in [4.69, 9.17) is 5.11 Å². The van der Waals surface area contributed by atoms with E-state index < -0.39 is 0 Å². The summed E-state index contributed by atoms with van der Waals surface area (Å²) in [5.74, 6) is 0.323. The fourth-order valence-corrected chi connectivity index (χ4v) is 1.18. The van der Waals surface area contributed by atoms with E-state index in [0.717, 1.165) is 10.8 Å². The minimum absolute atomic E-state index is 0.323. The molecular weight excluding hydrogens is 172 g/mol. The molecule has 1 N–H and O–H groups in total. The lowest BCUT2D eigenvalue weighted by Gasteiger charge is -1.96. The molecule has 0 fully saturated rings. The van der Waals surface area contributed by atoms with Crippen molar-refractivity contribution in [2.45, 2.75) is 20.3 Å². The van der Waals surface area contributed by atoms with Crippen molar-refractivity contribution in [1.29, 1.82) is 0 Å². The van der Waals surface area contributed by atoms with E-state index in [2.05, 4.69) is 13.8 Å². The lowest BCUT2D eigenvalue weighted by atomic mass is 10.1. The van der Waals surface area contributed by atoms with Crippen LogP contribution in [0.3, 0.4) is 0 Å². The second-order valence-electron chi connectivity index (χ2n) is 3.24. The molecule has 0 unspecified atom stereocenters. The molecule has 0 aromatic heterocycles. The van der Waals surface area contributed by atoms with E-state index in [9.17, 15) is 0 Å². The monoisotopic (exact) mass is 188 g/mol. The van der Waals surface area contributed by atoms with Crippen molar-refractivity contribution in [1.82, 2.24) is 0 Å². The summed E-state index contributed by atoms with van der Waals surface area (Å²) in [6, 6.07) is 13.3. The molecular formula is C13H16O. The molecule has 0 aliphatic carbocycles. The van der Waals surface area contributed by atoms with Crippen LogP contribution in [-0.4, -0.2) is 5.11 Å². The number of benzene rings is 2. The summed E-state index contributed by atoms with van der Waals surface area (Å²) in [7, 11) is 0. The Morgan fingerprint density at radius 1 is 0.929 bits per heavy atom. The van der Waals surface area contributed by atoms with Crippen molar-refractivity contribution in [2.75, 3.05) is 0 Å². The molecule has 0 aliphatic rings. The van der Waals surface area contributed by atoms with Crippen LogP contribution in [0.1, 0.15) is 20.3 Å². The molecule has 0 aliphatic heterocycles. The molecule has 74 valence electrons. The standard InChI is InChI=1S/C10H8O.C3H8/c11-10-6-5-8-3-1-2-4-9(8)7-10;1-3-2/h1-7,11H;3H2,1-2H3. The summed E-state index contributed by atoms with van der Waals surface area (Å²) in [5, 5.41) is 11.4. The lowest BCUT2D eigenvalue weighted by molar-refractivity contribution is 0.476. The van der Waals surface area contributed by atoms with Gasteiger partial charge in [-0.25, -0.2) is 0 Å². The summed E-state index contributed by atoms with van der Waals surface area (Å²) >= 11 is 0. The third kappa shape index (κ3) is 2.77. The Kier molecular flexibility index (Phi) is 3.99. The SMILES string of the molecule is CCC.Oc1ccc2ccccc2c1. The van der Waals surface area contributed by atoms with Gasteiger partial charge in [-0.15, -0.1) is 0 Å². The van der Waals surface area contributed by atoms with Crippen molar-refractivity contribution in [3.8, 4) is 5.75 Å². The summed E-state index contributed by atoms with van der Waals surface area (Å²) in [5.41, 5.74) is 0. The maximum absolute atomic E-state index is 9.13. The second kappa shape index (κ2) is 5.28. The van der Waals surface area contributed by atoms with Crippen LogP contribution in [0.2, 0.25) is 0 Å². The maximum atomic E-state index is 9.13. The number of fused-ring (bicyclic) bond motifs is 1. The van der Waals surface area contributed by atoms with Gasteiger partial charge in [0.15, 0.2) is 0 Å². The van der Waals surface area contributed by atoms with Crippen molar-refractivity contribution in [3.05, 3.63) is 42.5 Å². The van der Waals surface area contributed by atoms with E-state index in [-0.39, 0.29) is 0 Å². The third-order valence-electron chi connectivity index (χ3n) is 1.73. The van der Waals surface area contributed by atoms with Gasteiger partial charge < -0.3 is 5.11 Å². The predicted octanol–water partition coefficient (Wildman–Crippen LogP) is 3.96. The molecule has 0 atom stereocenters. The molecule has 2 aromatic carbocycles. The first-order valence-corrected chi connectivity index (χ1v) is 4.95. The molecule has 0 saturated heterocycles. The van der Waals surface area contributed by atoms with Crippen molar-refractivity contribution < 1.29 is 5.11 Å². The van der Waals surface area contributed by atoms with Crippen LogP contribution in [0.15, 0.2) is 42.5 Å². The van der Waals surface area contributed by atoms with Gasteiger partial charge in [-0.2, -0.15) is 0 Å². The first kappa shape index (κ1) is 10.6. The molecule has 2 rings (SSSR count). The minimum atomic E-state index is 0.323. The minimum Gasteiger partial charge on any atom is -0.508 e. The van der Waals surface area contributed by atoms with Gasteiger partial charge >= 0.3 is 0 Å². The van der Waals surface area contributed by atoms with Crippen LogP contribution in [0.5, 0.6) is 5.75 Å². The summed E-state index contributed by atoms with van der Waals surface area (Å²) in [6.07, 6.45) is 1.25. The van der Waals surface area contributed by atoms with Crippen LogP contribution < -0.4 is 0 Å². The zero-order chi connectivity index (χ0) is 10.4. The van der Waals surface area contributed by atoms with Gasteiger partial charge in [0.1, 0.15) is 5.75 Å². The van der Waals surface area contributed by atoms with Gasteiger partial charge in [-0.05, 0) is 22.9 Å². The Morgan fingerprint density at radius 2 is 1.50 bits per heavy atom. The van der Waals surface area contributed by atoms with E-state index in [1.54, 1.807) is 12.1 Å². The van der Waals surface area contributed by atoms with E-state index >= 15 is 0 Å². The first-order valence-electron chi connectivity index (χ1n) is 4.95. The van der Waals surface area contributed by atoms with Crippen LogP contribution in [0.25, 0.3) is 10.8 Å². The Labute approximate surface area is 85.0 Å². The quantitative estimate of drug-likeness (QED) is 0.663. The Balaban J connectivity index is 0.000000293. The van der Waals surface area contributed by atoms with Crippen LogP contribution in [0, 0.1) is 0 Å². The second-order valence-corrected chi connectivity index (χ2v) is 3.24. The zero-order valence-corrected chi connectivity index (χ0v) is 8.70. The van der Waals surface area contributed by atoms with E-state index in [1.807, 2.05) is 30.3 Å². The largest absolute Gasteiger partial charge is 0.508 e. The fraction of sp³-hybridized carbons (Fsp3) is 0.231. The first-order chi connectivity index (χ1) is 6.77. The summed E-state index contributed by atoms with van der Waals surface area (Å²) in [6.45, 7) is 4.25. The third-order valence-corrected chi connectivity index (χ3v) is 1.73. The van der Waals surface area contributed by atoms with Gasteiger partial charge in [0.05, 0.1) is 0 Å². The normalized spacial score (nSPS) is 9.29. The van der Waals surface area contributed by atoms with Crippen LogP contribution >= 0.6 is 0 Å². The number of rotatable bonds is 0. The molecule has 0 spiro atoms. The highest BCUT2D eigenvalue weighted by Gasteiger charge is 1.91. The van der Waals surface area contributed by atoms with Crippen LogP contribution in [-0.2, 0) is 0 Å². The van der Waals surface area contributed by atoms with Crippen molar-refractivity contribution in [3.63, 3.8) is 0 Å². The van der Waals surface area contributed by atoms with Gasteiger partial charge in [-0.1, -0.05) is 50.6 Å². The molecule has 0 saturated carbocycles. The van der Waals surface area contributed by atoms with Gasteiger partial charge in [0.2, 0.25) is 0 Å². The highest BCUT2D eigenvalue weighted by Crippen LogP contribution is 2.18. The van der Waals surface area contributed by atoms with Gasteiger partial charge in [-0.3, -0.25) is 0 Å². The fourth-order valence-electron chi connectivity index (χ4n) is 1.18. The highest BCUT2D eigenvalue weighted by molar-refractivity contribution is 5.83. The number of phenolic OH excluding ortho intramolecular Hbond substituents is 1. The molecule has 1 heteroatoms. The Bertz CT molecular complexity index is 393. The molecule has 14 heavy (non-hydrogen) atoms. The van der Waals surface area contributed by atoms with Crippen LogP contribution in [0.4, 0.5) is 0 Å². The molecule has 0 radical (unpaired) electrons. The molecule has 1 nitrogen and oxygen atoms in total. The smallest absolute Gasteiger partial charge is 0.116 e. The topological polar surface area (TPSA) is 20.2 Å².